The average Bonchev–Trinajstić information content (AvgIpc) is 2.21. The average molecular weight is 285 g/mol. The lowest BCUT2D eigenvalue weighted by atomic mass is 10.2. The van der Waals surface area contributed by atoms with Gasteiger partial charge in [0, 0.05) is 25.1 Å². The first-order valence-corrected chi connectivity index (χ1v) is 5.91. The zero-order valence-corrected chi connectivity index (χ0v) is 11.5. The van der Waals surface area contributed by atoms with Crippen LogP contribution in [0.2, 0.25) is 0 Å². The minimum absolute atomic E-state index is 0.125. The van der Waals surface area contributed by atoms with Crippen molar-refractivity contribution in [1.82, 2.24) is 9.80 Å². The van der Waals surface area contributed by atoms with Crippen molar-refractivity contribution in [2.24, 2.45) is 0 Å². The predicted molar refractivity (Wildman–Crippen MR) is 69.2 cm³/mol. The van der Waals surface area contributed by atoms with Crippen molar-refractivity contribution in [1.29, 1.82) is 0 Å². The van der Waals surface area contributed by atoms with Gasteiger partial charge in [-0.2, -0.15) is 0 Å². The molecule has 1 rings (SSSR count). The van der Waals surface area contributed by atoms with Gasteiger partial charge < -0.3 is 4.90 Å². The van der Waals surface area contributed by atoms with Crippen LogP contribution in [0.1, 0.15) is 5.56 Å². The van der Waals surface area contributed by atoms with Gasteiger partial charge in [-0.1, -0.05) is 28.1 Å². The molecule has 0 bridgehead atoms. The lowest BCUT2D eigenvalue weighted by molar-refractivity contribution is -0.129. The fraction of sp³-hybridized carbons (Fsp3) is 0.417. The Hall–Kier alpha value is -0.870. The summed E-state index contributed by atoms with van der Waals surface area (Å²) in [5, 5.41) is 0. The van der Waals surface area contributed by atoms with Crippen LogP contribution >= 0.6 is 15.9 Å². The van der Waals surface area contributed by atoms with Crippen LogP contribution in [-0.2, 0) is 11.3 Å². The molecule has 4 heteroatoms. The molecule has 0 saturated carbocycles. The van der Waals surface area contributed by atoms with Gasteiger partial charge in [0.25, 0.3) is 0 Å². The summed E-state index contributed by atoms with van der Waals surface area (Å²) in [4.78, 5) is 15.1. The quantitative estimate of drug-likeness (QED) is 0.844. The molecule has 88 valence electrons. The van der Waals surface area contributed by atoms with E-state index in [1.165, 1.54) is 5.56 Å². The standard InChI is InChI=1S/C12H17BrN2O/c1-14(2)12(16)9-15(3)8-10-4-6-11(13)7-5-10/h4-7H,8-9H2,1-3H3. The topological polar surface area (TPSA) is 23.6 Å². The molecule has 0 aromatic heterocycles. The van der Waals surface area contributed by atoms with Gasteiger partial charge in [0.1, 0.15) is 0 Å². The Bertz CT molecular complexity index is 349. The minimum atomic E-state index is 0.125. The van der Waals surface area contributed by atoms with E-state index in [4.69, 9.17) is 0 Å². The van der Waals surface area contributed by atoms with E-state index >= 15 is 0 Å². The Morgan fingerprint density at radius 3 is 2.25 bits per heavy atom. The number of amides is 1. The van der Waals surface area contributed by atoms with Crippen molar-refractivity contribution in [3.8, 4) is 0 Å². The van der Waals surface area contributed by atoms with Gasteiger partial charge >= 0.3 is 0 Å². The molecule has 1 aromatic rings. The highest BCUT2D eigenvalue weighted by molar-refractivity contribution is 9.10. The maximum Gasteiger partial charge on any atom is 0.236 e. The molecule has 0 aliphatic heterocycles. The first-order valence-electron chi connectivity index (χ1n) is 5.12. The molecular formula is C12H17BrN2O. The van der Waals surface area contributed by atoms with Gasteiger partial charge in [-0.3, -0.25) is 9.69 Å². The lowest BCUT2D eigenvalue weighted by Gasteiger charge is -2.18. The van der Waals surface area contributed by atoms with Crippen LogP contribution in [0.25, 0.3) is 0 Å². The second-order valence-corrected chi connectivity index (χ2v) is 5.00. The summed E-state index contributed by atoms with van der Waals surface area (Å²) in [5.74, 6) is 0.125. The molecule has 0 unspecified atom stereocenters. The molecule has 0 aliphatic carbocycles. The molecule has 16 heavy (non-hydrogen) atoms. The van der Waals surface area contributed by atoms with Crippen LogP contribution in [0.5, 0.6) is 0 Å². The monoisotopic (exact) mass is 284 g/mol. The highest BCUT2D eigenvalue weighted by Crippen LogP contribution is 2.11. The molecular weight excluding hydrogens is 268 g/mol. The second kappa shape index (κ2) is 6.01. The molecule has 1 aromatic carbocycles. The fourth-order valence-corrected chi connectivity index (χ4v) is 1.59. The Morgan fingerprint density at radius 2 is 1.75 bits per heavy atom. The van der Waals surface area contributed by atoms with Crippen molar-refractivity contribution in [2.45, 2.75) is 6.54 Å². The van der Waals surface area contributed by atoms with Gasteiger partial charge in [-0.05, 0) is 24.7 Å². The largest absolute Gasteiger partial charge is 0.348 e. The van der Waals surface area contributed by atoms with E-state index in [-0.39, 0.29) is 5.91 Å². The summed E-state index contributed by atoms with van der Waals surface area (Å²) in [6.45, 7) is 1.23. The maximum absolute atomic E-state index is 11.5. The Labute approximate surface area is 105 Å². The number of halogens is 1. The predicted octanol–water partition coefficient (Wildman–Crippen LogP) is 1.97. The third kappa shape index (κ3) is 4.33. The summed E-state index contributed by atoms with van der Waals surface area (Å²) in [5.41, 5.74) is 1.21. The zero-order valence-electron chi connectivity index (χ0n) is 9.90. The molecule has 0 N–H and O–H groups in total. The normalized spacial score (nSPS) is 10.6. The van der Waals surface area contributed by atoms with Crippen LogP contribution in [0.4, 0.5) is 0 Å². The number of rotatable bonds is 4. The Morgan fingerprint density at radius 1 is 1.19 bits per heavy atom. The first kappa shape index (κ1) is 13.2. The van der Waals surface area contributed by atoms with E-state index in [0.717, 1.165) is 11.0 Å². The second-order valence-electron chi connectivity index (χ2n) is 4.09. The van der Waals surface area contributed by atoms with Crippen molar-refractivity contribution < 1.29 is 4.79 Å². The highest BCUT2D eigenvalue weighted by atomic mass is 79.9. The van der Waals surface area contributed by atoms with E-state index in [1.54, 1.807) is 19.0 Å². The molecule has 0 spiro atoms. The van der Waals surface area contributed by atoms with Gasteiger partial charge in [-0.25, -0.2) is 0 Å². The number of nitrogens with zero attached hydrogens (tertiary/aromatic N) is 2. The summed E-state index contributed by atoms with van der Waals surface area (Å²) in [7, 11) is 5.50. The van der Waals surface area contributed by atoms with Crippen LogP contribution in [0.3, 0.4) is 0 Å². The molecule has 0 atom stereocenters. The SMILES string of the molecule is CN(CC(=O)N(C)C)Cc1ccc(Br)cc1. The highest BCUT2D eigenvalue weighted by Gasteiger charge is 2.08. The molecule has 0 heterocycles. The number of likely N-dealkylation sites (N-methyl/N-ethyl adjacent to an activating group) is 2. The molecule has 0 radical (unpaired) electrons. The van der Waals surface area contributed by atoms with Crippen molar-refractivity contribution in [3.63, 3.8) is 0 Å². The summed E-state index contributed by atoms with van der Waals surface area (Å²) in [6, 6.07) is 8.13. The van der Waals surface area contributed by atoms with Crippen LogP contribution in [0.15, 0.2) is 28.7 Å². The molecule has 1 amide bonds. The van der Waals surface area contributed by atoms with E-state index in [0.29, 0.717) is 6.54 Å². The van der Waals surface area contributed by atoms with E-state index in [9.17, 15) is 4.79 Å². The molecule has 0 fully saturated rings. The summed E-state index contributed by atoms with van der Waals surface area (Å²) >= 11 is 3.40. The number of carbonyl (C=O) groups is 1. The first-order chi connectivity index (χ1) is 7.49. The maximum atomic E-state index is 11.5. The van der Waals surface area contributed by atoms with Crippen molar-refractivity contribution >= 4 is 21.8 Å². The van der Waals surface area contributed by atoms with Crippen LogP contribution in [0, 0.1) is 0 Å². The number of benzene rings is 1. The van der Waals surface area contributed by atoms with Gasteiger partial charge in [0.15, 0.2) is 0 Å². The smallest absolute Gasteiger partial charge is 0.236 e. The Kier molecular flexibility index (Phi) is 4.96. The van der Waals surface area contributed by atoms with Gasteiger partial charge in [-0.15, -0.1) is 0 Å². The van der Waals surface area contributed by atoms with Crippen LogP contribution in [-0.4, -0.2) is 43.4 Å². The van der Waals surface area contributed by atoms with E-state index < -0.39 is 0 Å². The van der Waals surface area contributed by atoms with E-state index in [1.807, 2.05) is 24.1 Å². The molecule has 0 saturated heterocycles. The third-order valence-electron chi connectivity index (χ3n) is 2.27. The summed E-state index contributed by atoms with van der Waals surface area (Å²) < 4.78 is 1.07. The third-order valence-corrected chi connectivity index (χ3v) is 2.80. The number of hydrogen-bond donors (Lipinski definition) is 0. The molecule has 3 nitrogen and oxygen atoms in total. The molecule has 0 aliphatic rings. The van der Waals surface area contributed by atoms with Gasteiger partial charge in [0.2, 0.25) is 5.91 Å². The van der Waals surface area contributed by atoms with Crippen molar-refractivity contribution in [2.75, 3.05) is 27.7 Å². The number of carbonyl (C=O) groups excluding carboxylic acids is 1. The zero-order chi connectivity index (χ0) is 12.1. The Balaban J connectivity index is 2.48. The minimum Gasteiger partial charge on any atom is -0.348 e. The fourth-order valence-electron chi connectivity index (χ4n) is 1.33. The summed E-state index contributed by atoms with van der Waals surface area (Å²) in [6.07, 6.45) is 0. The number of hydrogen-bond acceptors (Lipinski definition) is 2. The lowest BCUT2D eigenvalue weighted by Crippen LogP contribution is -2.34. The van der Waals surface area contributed by atoms with Crippen LogP contribution < -0.4 is 0 Å². The van der Waals surface area contributed by atoms with Crippen molar-refractivity contribution in [3.05, 3.63) is 34.3 Å². The van der Waals surface area contributed by atoms with Gasteiger partial charge in [0.05, 0.1) is 6.54 Å². The van der Waals surface area contributed by atoms with E-state index in [2.05, 4.69) is 28.1 Å².